The minimum absolute atomic E-state index is 0.0200. The molecule has 0 saturated carbocycles. The molecule has 2 saturated heterocycles. The van der Waals surface area contributed by atoms with Gasteiger partial charge in [-0.3, -0.25) is 0 Å². The molecule has 180 valence electrons. The van der Waals surface area contributed by atoms with E-state index in [9.17, 15) is 0 Å². The van der Waals surface area contributed by atoms with Gasteiger partial charge in [-0.15, -0.1) is 0 Å². The van der Waals surface area contributed by atoms with Crippen molar-refractivity contribution in [3.8, 4) is 0 Å². The maximum Gasteiger partial charge on any atom is 0.261 e. The zero-order chi connectivity index (χ0) is 23.5. The number of hydrogen-bond acceptors (Lipinski definition) is 4. The molecule has 0 aromatic heterocycles. The van der Waals surface area contributed by atoms with E-state index in [1.54, 1.807) is 7.11 Å². The molecule has 2 heterocycles. The van der Waals surface area contributed by atoms with Gasteiger partial charge in [0.15, 0.2) is 0 Å². The molecule has 0 bridgehead atoms. The van der Waals surface area contributed by atoms with E-state index in [-0.39, 0.29) is 21.2 Å². The van der Waals surface area contributed by atoms with Crippen LogP contribution in [-0.4, -0.2) is 50.6 Å². The second kappa shape index (κ2) is 10.5. The van der Waals surface area contributed by atoms with E-state index in [0.29, 0.717) is 6.61 Å². The van der Waals surface area contributed by atoms with Gasteiger partial charge in [0.2, 0.25) is 5.79 Å². The van der Waals surface area contributed by atoms with Crippen LogP contribution in [-0.2, 0) is 18.6 Å². The highest BCUT2D eigenvalue weighted by Gasteiger charge is 2.55. The van der Waals surface area contributed by atoms with Crippen molar-refractivity contribution >= 4 is 41.3 Å². The highest BCUT2D eigenvalue weighted by atomic mass is 127. The number of hydrogen-bond donors (Lipinski definition) is 0. The van der Waals surface area contributed by atoms with Gasteiger partial charge in [-0.1, -0.05) is 104 Å². The first-order chi connectivity index (χ1) is 15.8. The summed E-state index contributed by atoms with van der Waals surface area (Å²) in [6.07, 6.45) is 3.93. The number of ether oxygens (including phenoxy) is 3. The van der Waals surface area contributed by atoms with Crippen molar-refractivity contribution in [2.75, 3.05) is 20.3 Å². The average Bonchev–Trinajstić information content (AvgIpc) is 2.82. The summed E-state index contributed by atoms with van der Waals surface area (Å²) in [4.78, 5) is 0. The quantitative estimate of drug-likeness (QED) is 0.272. The lowest BCUT2D eigenvalue weighted by Crippen LogP contribution is -2.68. The van der Waals surface area contributed by atoms with Crippen LogP contribution in [0.2, 0.25) is 5.04 Å². The van der Waals surface area contributed by atoms with Crippen LogP contribution in [0.25, 0.3) is 0 Å². The number of rotatable bonds is 6. The molecule has 2 aromatic carbocycles. The number of benzene rings is 2. The molecule has 2 aliphatic heterocycles. The van der Waals surface area contributed by atoms with Gasteiger partial charge >= 0.3 is 0 Å². The Kier molecular flexibility index (Phi) is 8.03. The number of halogens is 1. The van der Waals surface area contributed by atoms with Gasteiger partial charge < -0.3 is 18.6 Å². The Morgan fingerprint density at radius 2 is 1.58 bits per heavy atom. The van der Waals surface area contributed by atoms with E-state index in [1.807, 2.05) is 0 Å². The monoisotopic (exact) mass is 580 g/mol. The molecule has 0 aliphatic carbocycles. The fourth-order valence-electron chi connectivity index (χ4n) is 5.50. The molecule has 4 rings (SSSR count). The molecule has 33 heavy (non-hydrogen) atoms. The van der Waals surface area contributed by atoms with Gasteiger partial charge in [0, 0.05) is 7.11 Å². The highest BCUT2D eigenvalue weighted by molar-refractivity contribution is 14.1. The molecule has 1 spiro atoms. The summed E-state index contributed by atoms with van der Waals surface area (Å²) in [5.41, 5.74) is 0. The zero-order valence-electron chi connectivity index (χ0n) is 20.3. The molecule has 6 heteroatoms. The summed E-state index contributed by atoms with van der Waals surface area (Å²) in [5.74, 6) is -0.675. The molecular weight excluding hydrogens is 543 g/mol. The van der Waals surface area contributed by atoms with Gasteiger partial charge in [-0.05, 0) is 41.1 Å². The lowest BCUT2D eigenvalue weighted by Gasteiger charge is -2.51. The van der Waals surface area contributed by atoms with E-state index in [4.69, 9.17) is 18.6 Å². The third-order valence-corrected chi connectivity index (χ3v) is 13.6. The van der Waals surface area contributed by atoms with Gasteiger partial charge in [0.1, 0.15) is 6.10 Å². The second-order valence-electron chi connectivity index (χ2n) is 10.2. The van der Waals surface area contributed by atoms with Gasteiger partial charge in [-0.2, -0.15) is 0 Å². The van der Waals surface area contributed by atoms with E-state index in [2.05, 4.69) is 104 Å². The Morgan fingerprint density at radius 1 is 0.970 bits per heavy atom. The maximum absolute atomic E-state index is 7.16. The van der Waals surface area contributed by atoms with Crippen LogP contribution in [0.4, 0.5) is 0 Å². The van der Waals surface area contributed by atoms with Gasteiger partial charge in [0.25, 0.3) is 8.32 Å². The summed E-state index contributed by atoms with van der Waals surface area (Å²) >= 11 is 2.49. The minimum Gasteiger partial charge on any atom is -0.405 e. The fourth-order valence-corrected chi connectivity index (χ4v) is 11.3. The Morgan fingerprint density at radius 3 is 2.09 bits per heavy atom. The molecule has 0 amide bonds. The van der Waals surface area contributed by atoms with E-state index >= 15 is 0 Å². The summed E-state index contributed by atoms with van der Waals surface area (Å²) < 4.78 is 26.4. The van der Waals surface area contributed by atoms with E-state index < -0.39 is 14.1 Å². The van der Waals surface area contributed by atoms with E-state index in [0.717, 1.165) is 32.3 Å². The van der Waals surface area contributed by atoms with Crippen molar-refractivity contribution < 1.29 is 18.6 Å². The highest BCUT2D eigenvalue weighted by Crippen LogP contribution is 2.43. The molecule has 0 radical (unpaired) electrons. The summed E-state index contributed by atoms with van der Waals surface area (Å²) in [5, 5.41) is 2.54. The van der Waals surface area contributed by atoms with Crippen LogP contribution in [0.5, 0.6) is 0 Å². The SMILES string of the molecule is CO[C@@H]1CC[C@@H](CO[Si](c2ccccc2)(c2ccccc2)C(C)(C)C)O[C@]12OCCC[C@H]2I. The van der Waals surface area contributed by atoms with Crippen molar-refractivity contribution in [2.45, 2.75) is 73.4 Å². The minimum atomic E-state index is -2.59. The van der Waals surface area contributed by atoms with Crippen LogP contribution in [0.15, 0.2) is 60.7 Å². The van der Waals surface area contributed by atoms with Crippen LogP contribution >= 0.6 is 22.6 Å². The van der Waals surface area contributed by atoms with Crippen LogP contribution in [0.1, 0.15) is 46.5 Å². The first-order valence-electron chi connectivity index (χ1n) is 12.1. The first kappa shape index (κ1) is 25.3. The molecular formula is C27H37IO4Si. The largest absolute Gasteiger partial charge is 0.405 e. The van der Waals surface area contributed by atoms with Crippen molar-refractivity contribution in [1.82, 2.24) is 0 Å². The summed E-state index contributed by atoms with van der Waals surface area (Å²) in [6.45, 7) is 8.22. The Hall–Kier alpha value is -0.773. The predicted molar refractivity (Wildman–Crippen MR) is 144 cm³/mol. The molecule has 0 N–H and O–H groups in total. The molecule has 4 nitrogen and oxygen atoms in total. The summed E-state index contributed by atoms with van der Waals surface area (Å²) in [6, 6.07) is 21.6. The standard InChI is InChI=1S/C27H37IO4Si/c1-26(2,3)33(22-12-7-5-8-13-22,23-14-9-6-10-15-23)31-20-21-17-18-25(29-4)27(32-21)24(28)16-11-19-30-27/h5-10,12-15,21,24-25H,11,16-20H2,1-4H3/t21-,24+,25+,27-/m0/s1. The average molecular weight is 581 g/mol. The molecule has 0 unspecified atom stereocenters. The van der Waals surface area contributed by atoms with Crippen molar-refractivity contribution in [3.63, 3.8) is 0 Å². The van der Waals surface area contributed by atoms with Crippen LogP contribution < -0.4 is 10.4 Å². The van der Waals surface area contributed by atoms with Gasteiger partial charge in [-0.25, -0.2) is 0 Å². The molecule has 4 atom stereocenters. The second-order valence-corrected chi connectivity index (χ2v) is 16.0. The summed E-state index contributed by atoms with van der Waals surface area (Å²) in [7, 11) is -0.816. The van der Waals surface area contributed by atoms with Crippen molar-refractivity contribution in [1.29, 1.82) is 0 Å². The Bertz CT molecular complexity index is 848. The maximum atomic E-state index is 7.16. The van der Waals surface area contributed by atoms with Gasteiger partial charge in [0.05, 0.1) is 23.2 Å². The topological polar surface area (TPSA) is 36.9 Å². The predicted octanol–water partition coefficient (Wildman–Crippen LogP) is 5.07. The molecule has 2 aromatic rings. The zero-order valence-corrected chi connectivity index (χ0v) is 23.4. The van der Waals surface area contributed by atoms with Crippen molar-refractivity contribution in [3.05, 3.63) is 60.7 Å². The molecule has 2 aliphatic rings. The lowest BCUT2D eigenvalue weighted by atomic mass is 9.92. The van der Waals surface area contributed by atoms with Crippen LogP contribution in [0.3, 0.4) is 0 Å². The third-order valence-electron chi connectivity index (χ3n) is 7.10. The van der Waals surface area contributed by atoms with Crippen molar-refractivity contribution in [2.24, 2.45) is 0 Å². The van der Waals surface area contributed by atoms with Crippen LogP contribution in [0, 0.1) is 0 Å². The normalized spacial score (nSPS) is 28.7. The third kappa shape index (κ3) is 4.84. The fraction of sp³-hybridized carbons (Fsp3) is 0.556. The smallest absolute Gasteiger partial charge is 0.261 e. The lowest BCUT2D eigenvalue weighted by molar-refractivity contribution is -0.334. The Balaban J connectivity index is 1.65. The first-order valence-corrected chi connectivity index (χ1v) is 15.2. The number of alkyl halides is 1. The van der Waals surface area contributed by atoms with E-state index in [1.165, 1.54) is 10.4 Å². The number of methoxy groups -OCH3 is 1. The molecule has 2 fully saturated rings. The Labute approximate surface area is 213 Å².